The Morgan fingerprint density at radius 3 is 2.42 bits per heavy atom. The lowest BCUT2D eigenvalue weighted by Crippen LogP contribution is -2.46. The summed E-state index contributed by atoms with van der Waals surface area (Å²) in [6.45, 7) is 0. The second kappa shape index (κ2) is 10.9. The van der Waals surface area contributed by atoms with Crippen LogP contribution in [0.4, 0.5) is 4.39 Å². The molecule has 2 aliphatic carbocycles. The predicted octanol–water partition coefficient (Wildman–Crippen LogP) is 3.82. The van der Waals surface area contributed by atoms with Crippen molar-refractivity contribution in [2.24, 2.45) is 5.92 Å². The number of pyridine rings is 1. The molecule has 176 valence electrons. The van der Waals surface area contributed by atoms with Crippen molar-refractivity contribution < 1.29 is 14.0 Å². The number of aromatic nitrogens is 1. The minimum Gasteiger partial charge on any atom is -0.353 e. The first kappa shape index (κ1) is 23.4. The Morgan fingerprint density at radius 1 is 0.939 bits per heavy atom. The van der Waals surface area contributed by atoms with Crippen LogP contribution in [-0.2, 0) is 4.79 Å². The fraction of sp³-hybridized carbons (Fsp3) is 0.500. The number of nitrogens with zero attached hydrogens (tertiary/aromatic N) is 1. The molecule has 1 heterocycles. The molecule has 7 heteroatoms. The molecular formula is C26H33FN4O2. The molecule has 33 heavy (non-hydrogen) atoms. The molecule has 0 radical (unpaired) electrons. The lowest BCUT2D eigenvalue weighted by atomic mass is 9.84. The van der Waals surface area contributed by atoms with E-state index in [1.807, 2.05) is 7.05 Å². The van der Waals surface area contributed by atoms with Gasteiger partial charge in [-0.3, -0.25) is 14.6 Å². The molecule has 2 amide bonds. The Hall–Kier alpha value is -2.80. The van der Waals surface area contributed by atoms with Crippen molar-refractivity contribution >= 4 is 11.8 Å². The van der Waals surface area contributed by atoms with E-state index in [9.17, 15) is 14.0 Å². The minimum atomic E-state index is -0.322. The number of hydrogen-bond donors (Lipinski definition) is 3. The van der Waals surface area contributed by atoms with Crippen molar-refractivity contribution in [3.8, 4) is 11.3 Å². The van der Waals surface area contributed by atoms with Crippen LogP contribution in [0, 0.1) is 11.7 Å². The molecule has 0 bridgehead atoms. The van der Waals surface area contributed by atoms with E-state index >= 15 is 0 Å². The Bertz CT molecular complexity index is 957. The highest BCUT2D eigenvalue weighted by molar-refractivity contribution is 5.94. The molecule has 1 aromatic carbocycles. The monoisotopic (exact) mass is 452 g/mol. The minimum absolute atomic E-state index is 0.0232. The molecule has 2 fully saturated rings. The Morgan fingerprint density at radius 2 is 1.73 bits per heavy atom. The fourth-order valence-electron chi connectivity index (χ4n) is 5.02. The van der Waals surface area contributed by atoms with Crippen molar-refractivity contribution in [2.45, 2.75) is 69.5 Å². The Kier molecular flexibility index (Phi) is 7.70. The van der Waals surface area contributed by atoms with E-state index in [4.69, 9.17) is 0 Å². The average molecular weight is 453 g/mol. The van der Waals surface area contributed by atoms with Gasteiger partial charge in [0, 0.05) is 35.8 Å². The Labute approximate surface area is 194 Å². The van der Waals surface area contributed by atoms with E-state index in [1.54, 1.807) is 24.3 Å². The van der Waals surface area contributed by atoms with Gasteiger partial charge in [-0.15, -0.1) is 0 Å². The third-order valence-electron chi connectivity index (χ3n) is 7.01. The zero-order valence-corrected chi connectivity index (χ0v) is 19.1. The topological polar surface area (TPSA) is 83.1 Å². The van der Waals surface area contributed by atoms with Gasteiger partial charge in [-0.25, -0.2) is 4.39 Å². The van der Waals surface area contributed by atoms with E-state index in [2.05, 4.69) is 20.9 Å². The van der Waals surface area contributed by atoms with Gasteiger partial charge >= 0.3 is 0 Å². The normalized spacial score (nSPS) is 25.3. The number of amides is 2. The first-order chi connectivity index (χ1) is 16.0. The molecule has 6 nitrogen and oxygen atoms in total. The van der Waals surface area contributed by atoms with Gasteiger partial charge in [0.1, 0.15) is 5.82 Å². The molecule has 4 rings (SSSR count). The molecular weight excluding hydrogens is 419 g/mol. The second-order valence-corrected chi connectivity index (χ2v) is 9.32. The molecule has 0 saturated heterocycles. The summed E-state index contributed by atoms with van der Waals surface area (Å²) in [7, 11) is 1.99. The fourth-order valence-corrected chi connectivity index (χ4v) is 5.02. The molecule has 2 aromatic rings. The molecule has 0 unspecified atom stereocenters. The largest absolute Gasteiger partial charge is 0.353 e. The van der Waals surface area contributed by atoms with Crippen molar-refractivity contribution in [2.75, 3.05) is 7.05 Å². The number of carbonyl (C=O) groups excluding carboxylic acids is 2. The van der Waals surface area contributed by atoms with Crippen LogP contribution in [0.5, 0.6) is 0 Å². The van der Waals surface area contributed by atoms with Crippen LogP contribution in [0.2, 0.25) is 0 Å². The number of nitrogens with one attached hydrogen (secondary N) is 3. The lowest BCUT2D eigenvalue weighted by molar-refractivity contribution is -0.127. The summed E-state index contributed by atoms with van der Waals surface area (Å²) in [6.07, 6.45) is 9.07. The number of halogens is 1. The third-order valence-corrected chi connectivity index (χ3v) is 7.01. The van der Waals surface area contributed by atoms with Gasteiger partial charge < -0.3 is 16.0 Å². The maximum Gasteiger partial charge on any atom is 0.253 e. The number of carbonyl (C=O) groups is 2. The summed E-state index contributed by atoms with van der Waals surface area (Å²) in [5.41, 5.74) is 1.75. The number of hydrogen-bond acceptors (Lipinski definition) is 4. The zero-order valence-electron chi connectivity index (χ0n) is 19.1. The second-order valence-electron chi connectivity index (χ2n) is 9.32. The molecule has 2 aliphatic rings. The van der Waals surface area contributed by atoms with Crippen LogP contribution in [0.3, 0.4) is 0 Å². The van der Waals surface area contributed by atoms with Gasteiger partial charge in [0.2, 0.25) is 5.91 Å². The van der Waals surface area contributed by atoms with Crippen LogP contribution in [0.15, 0.2) is 42.6 Å². The molecule has 1 aromatic heterocycles. The van der Waals surface area contributed by atoms with Crippen LogP contribution in [0.1, 0.15) is 61.7 Å². The highest BCUT2D eigenvalue weighted by atomic mass is 19.1. The lowest BCUT2D eigenvalue weighted by Gasteiger charge is -2.32. The summed E-state index contributed by atoms with van der Waals surface area (Å²) >= 11 is 0. The zero-order chi connectivity index (χ0) is 23.2. The van der Waals surface area contributed by atoms with Gasteiger partial charge in [0.25, 0.3) is 5.91 Å². The first-order valence-corrected chi connectivity index (χ1v) is 12.0. The standard InChI is InChI=1S/C26H33FN4O2/c1-28-21-9-11-22(12-10-21)30-25(32)18-5-3-7-23(15-18)31-26(33)19-8-13-24(29-16-19)17-4-2-6-20(27)14-17/h2,4,6,8,13-14,16,18,21-23,28H,3,5,7,9-12,15H2,1H3,(H,30,32)(H,31,33)/t18-,21?,22?,23+/m1/s1. The maximum atomic E-state index is 13.4. The van der Waals surface area contributed by atoms with Gasteiger partial charge in [-0.2, -0.15) is 0 Å². The van der Waals surface area contributed by atoms with Crippen LogP contribution >= 0.6 is 0 Å². The van der Waals surface area contributed by atoms with Gasteiger partial charge in [0.15, 0.2) is 0 Å². The summed E-state index contributed by atoms with van der Waals surface area (Å²) in [6, 6.07) is 10.5. The van der Waals surface area contributed by atoms with Gasteiger partial charge in [-0.05, 0) is 76.3 Å². The van der Waals surface area contributed by atoms with Crippen LogP contribution in [0.25, 0.3) is 11.3 Å². The van der Waals surface area contributed by atoms with Crippen molar-refractivity contribution in [3.63, 3.8) is 0 Å². The molecule has 3 N–H and O–H groups in total. The molecule has 2 atom stereocenters. The molecule has 0 aliphatic heterocycles. The van der Waals surface area contributed by atoms with Crippen LogP contribution in [-0.4, -0.2) is 42.0 Å². The van der Waals surface area contributed by atoms with Crippen molar-refractivity contribution in [1.82, 2.24) is 20.9 Å². The van der Waals surface area contributed by atoms with Crippen LogP contribution < -0.4 is 16.0 Å². The van der Waals surface area contributed by atoms with E-state index in [1.165, 1.54) is 18.3 Å². The third kappa shape index (κ3) is 6.16. The Balaban J connectivity index is 1.29. The highest BCUT2D eigenvalue weighted by Gasteiger charge is 2.30. The summed E-state index contributed by atoms with van der Waals surface area (Å²) in [5.74, 6) is -0.440. The summed E-state index contributed by atoms with van der Waals surface area (Å²) < 4.78 is 13.4. The maximum absolute atomic E-state index is 13.4. The summed E-state index contributed by atoms with van der Waals surface area (Å²) in [4.78, 5) is 29.9. The first-order valence-electron chi connectivity index (χ1n) is 12.0. The smallest absolute Gasteiger partial charge is 0.253 e. The predicted molar refractivity (Wildman–Crippen MR) is 126 cm³/mol. The summed E-state index contributed by atoms with van der Waals surface area (Å²) in [5, 5.41) is 9.65. The highest BCUT2D eigenvalue weighted by Crippen LogP contribution is 2.26. The SMILES string of the molecule is CNC1CCC(NC(=O)[C@@H]2CCC[C@H](NC(=O)c3ccc(-c4cccc(F)c4)nc3)C2)CC1. The van der Waals surface area contributed by atoms with E-state index in [0.717, 1.165) is 44.9 Å². The number of rotatable bonds is 6. The van der Waals surface area contributed by atoms with E-state index < -0.39 is 0 Å². The van der Waals surface area contributed by atoms with Gasteiger partial charge in [0.05, 0.1) is 11.3 Å². The van der Waals surface area contributed by atoms with Crippen molar-refractivity contribution in [1.29, 1.82) is 0 Å². The van der Waals surface area contributed by atoms with Crippen molar-refractivity contribution in [3.05, 3.63) is 54.0 Å². The quantitative estimate of drug-likeness (QED) is 0.622. The average Bonchev–Trinajstić information content (AvgIpc) is 2.85. The number of benzene rings is 1. The molecule has 0 spiro atoms. The van der Waals surface area contributed by atoms with E-state index in [-0.39, 0.29) is 35.6 Å². The molecule has 2 saturated carbocycles. The van der Waals surface area contributed by atoms with Gasteiger partial charge in [-0.1, -0.05) is 18.6 Å². The van der Waals surface area contributed by atoms with E-state index in [0.29, 0.717) is 29.3 Å².